The summed E-state index contributed by atoms with van der Waals surface area (Å²) in [6.07, 6.45) is 0. The summed E-state index contributed by atoms with van der Waals surface area (Å²) < 4.78 is 27.1. The number of hydrogen-bond donors (Lipinski definition) is 2. The number of carbonyl (C=O) groups excluding carboxylic acids is 1. The maximum absolute atomic E-state index is 13.7. The lowest BCUT2D eigenvalue weighted by atomic mass is 10.1. The van der Waals surface area contributed by atoms with Gasteiger partial charge in [-0.3, -0.25) is 4.79 Å². The van der Waals surface area contributed by atoms with Crippen molar-refractivity contribution in [2.24, 2.45) is 0 Å². The smallest absolute Gasteiger partial charge is 0.257 e. The molecule has 0 spiro atoms. The van der Waals surface area contributed by atoms with Gasteiger partial charge in [-0.15, -0.1) is 0 Å². The molecule has 0 saturated carbocycles. The van der Waals surface area contributed by atoms with Gasteiger partial charge in [0.2, 0.25) is 0 Å². The summed E-state index contributed by atoms with van der Waals surface area (Å²) in [5.74, 6) is -2.13. The first-order chi connectivity index (χ1) is 9.79. The first-order valence-corrected chi connectivity index (χ1v) is 6.56. The zero-order valence-corrected chi connectivity index (χ0v) is 12.3. The molecule has 0 aromatic heterocycles. The van der Waals surface area contributed by atoms with E-state index in [0.717, 1.165) is 12.1 Å². The Morgan fingerprint density at radius 1 is 1.14 bits per heavy atom. The Balaban J connectivity index is 2.37. The Kier molecular flexibility index (Phi) is 4.34. The van der Waals surface area contributed by atoms with Gasteiger partial charge in [-0.2, -0.15) is 0 Å². The summed E-state index contributed by atoms with van der Waals surface area (Å²) in [7, 11) is 0. The molecule has 2 rings (SSSR count). The highest BCUT2D eigenvalue weighted by Crippen LogP contribution is 2.29. The monoisotopic (exact) mass is 330 g/mol. The molecule has 0 unspecified atom stereocenters. The Morgan fingerprint density at radius 2 is 1.81 bits per heavy atom. The van der Waals surface area contributed by atoms with Gasteiger partial charge in [-0.25, -0.2) is 8.78 Å². The number of nitrogens with one attached hydrogen (secondary N) is 1. The molecule has 1 amide bonds. The van der Waals surface area contributed by atoms with Crippen molar-refractivity contribution in [2.75, 3.05) is 11.1 Å². The molecule has 0 radical (unpaired) electrons. The van der Waals surface area contributed by atoms with Crippen molar-refractivity contribution in [3.63, 3.8) is 0 Å². The standard InChI is InChI=1S/C14H10Cl2F2N2O/c1-6-2-11(18)12(5-10(6)17)20-14(21)8-3-7(19)4-9(15)13(8)16/h2-5H,19H2,1H3,(H,20,21). The first kappa shape index (κ1) is 15.5. The Labute approximate surface area is 129 Å². The third-order valence-electron chi connectivity index (χ3n) is 2.79. The summed E-state index contributed by atoms with van der Waals surface area (Å²) >= 11 is 11.7. The molecule has 2 aromatic carbocycles. The van der Waals surface area contributed by atoms with Gasteiger partial charge in [0.15, 0.2) is 0 Å². The van der Waals surface area contributed by atoms with Gasteiger partial charge >= 0.3 is 0 Å². The molecular weight excluding hydrogens is 321 g/mol. The minimum atomic E-state index is -0.756. The third kappa shape index (κ3) is 3.25. The highest BCUT2D eigenvalue weighted by atomic mass is 35.5. The topological polar surface area (TPSA) is 55.1 Å². The number of benzene rings is 2. The summed E-state index contributed by atoms with van der Waals surface area (Å²) in [4.78, 5) is 12.1. The lowest BCUT2D eigenvalue weighted by molar-refractivity contribution is 0.102. The largest absolute Gasteiger partial charge is 0.399 e. The Morgan fingerprint density at radius 3 is 2.48 bits per heavy atom. The van der Waals surface area contributed by atoms with Crippen molar-refractivity contribution in [3.05, 3.63) is 57.1 Å². The highest BCUT2D eigenvalue weighted by Gasteiger charge is 2.17. The van der Waals surface area contributed by atoms with E-state index in [4.69, 9.17) is 28.9 Å². The van der Waals surface area contributed by atoms with Crippen LogP contribution in [0.4, 0.5) is 20.2 Å². The zero-order chi connectivity index (χ0) is 15.7. The fourth-order valence-electron chi connectivity index (χ4n) is 1.71. The molecule has 0 aliphatic rings. The molecule has 110 valence electrons. The lowest BCUT2D eigenvalue weighted by Gasteiger charge is -2.10. The SMILES string of the molecule is Cc1cc(F)c(NC(=O)c2cc(N)cc(Cl)c2Cl)cc1F. The summed E-state index contributed by atoms with van der Waals surface area (Å²) in [5, 5.41) is 2.31. The van der Waals surface area contributed by atoms with E-state index in [1.165, 1.54) is 19.1 Å². The predicted octanol–water partition coefficient (Wildman–Crippen LogP) is 4.41. The van der Waals surface area contributed by atoms with E-state index in [2.05, 4.69) is 5.32 Å². The number of halogens is 4. The van der Waals surface area contributed by atoms with Crippen LogP contribution in [0.15, 0.2) is 24.3 Å². The summed E-state index contributed by atoms with van der Waals surface area (Å²) in [5.41, 5.74) is 5.62. The number of amides is 1. The fraction of sp³-hybridized carbons (Fsp3) is 0.0714. The molecular formula is C14H10Cl2F2N2O. The second kappa shape index (κ2) is 5.87. The third-order valence-corrected chi connectivity index (χ3v) is 3.59. The van der Waals surface area contributed by atoms with Crippen LogP contribution in [-0.4, -0.2) is 5.91 Å². The van der Waals surface area contributed by atoms with Crippen LogP contribution in [0.3, 0.4) is 0 Å². The minimum absolute atomic E-state index is 0.0173. The second-order valence-corrected chi connectivity index (χ2v) is 5.18. The van der Waals surface area contributed by atoms with Crippen molar-refractivity contribution in [2.45, 2.75) is 6.92 Å². The molecule has 7 heteroatoms. The van der Waals surface area contributed by atoms with Crippen LogP contribution >= 0.6 is 23.2 Å². The van der Waals surface area contributed by atoms with Crippen molar-refractivity contribution >= 4 is 40.5 Å². The predicted molar refractivity (Wildman–Crippen MR) is 79.9 cm³/mol. The number of hydrogen-bond acceptors (Lipinski definition) is 2. The van der Waals surface area contributed by atoms with E-state index in [9.17, 15) is 13.6 Å². The van der Waals surface area contributed by atoms with Crippen LogP contribution in [0.5, 0.6) is 0 Å². The molecule has 2 aromatic rings. The molecule has 3 nitrogen and oxygen atoms in total. The quantitative estimate of drug-likeness (QED) is 0.801. The van der Waals surface area contributed by atoms with E-state index < -0.39 is 17.5 Å². The Bertz CT molecular complexity index is 735. The van der Waals surface area contributed by atoms with Gasteiger partial charge in [0, 0.05) is 11.8 Å². The van der Waals surface area contributed by atoms with Crippen LogP contribution < -0.4 is 11.1 Å². The molecule has 0 heterocycles. The number of carbonyl (C=O) groups is 1. The average molecular weight is 331 g/mol. The number of aryl methyl sites for hydroxylation is 1. The summed E-state index contributed by atoms with van der Waals surface area (Å²) in [6, 6.07) is 4.56. The van der Waals surface area contributed by atoms with E-state index in [0.29, 0.717) is 0 Å². The van der Waals surface area contributed by atoms with Crippen LogP contribution in [0.1, 0.15) is 15.9 Å². The number of anilines is 2. The highest BCUT2D eigenvalue weighted by molar-refractivity contribution is 6.44. The maximum atomic E-state index is 13.7. The van der Waals surface area contributed by atoms with Gasteiger partial charge in [0.1, 0.15) is 11.6 Å². The van der Waals surface area contributed by atoms with E-state index in [-0.39, 0.29) is 32.5 Å². The van der Waals surface area contributed by atoms with Gasteiger partial charge < -0.3 is 11.1 Å². The number of nitrogens with two attached hydrogens (primary N) is 1. The van der Waals surface area contributed by atoms with E-state index in [1.54, 1.807) is 0 Å². The molecule has 0 saturated heterocycles. The summed E-state index contributed by atoms with van der Waals surface area (Å²) in [6.45, 7) is 1.42. The number of rotatable bonds is 2. The second-order valence-electron chi connectivity index (χ2n) is 4.40. The van der Waals surface area contributed by atoms with Gasteiger partial charge in [0.25, 0.3) is 5.91 Å². The van der Waals surface area contributed by atoms with Gasteiger partial charge in [0.05, 0.1) is 21.3 Å². The van der Waals surface area contributed by atoms with Crippen LogP contribution in [0.2, 0.25) is 10.0 Å². The average Bonchev–Trinajstić information content (AvgIpc) is 2.40. The molecule has 0 fully saturated rings. The van der Waals surface area contributed by atoms with E-state index in [1.807, 2.05) is 0 Å². The molecule has 0 bridgehead atoms. The van der Waals surface area contributed by atoms with Crippen LogP contribution in [0.25, 0.3) is 0 Å². The fourth-order valence-corrected chi connectivity index (χ4v) is 2.13. The van der Waals surface area contributed by atoms with Crippen molar-refractivity contribution < 1.29 is 13.6 Å². The van der Waals surface area contributed by atoms with E-state index >= 15 is 0 Å². The molecule has 21 heavy (non-hydrogen) atoms. The minimum Gasteiger partial charge on any atom is -0.399 e. The lowest BCUT2D eigenvalue weighted by Crippen LogP contribution is -2.14. The molecule has 0 aliphatic heterocycles. The van der Waals surface area contributed by atoms with Crippen molar-refractivity contribution in [1.82, 2.24) is 0 Å². The molecule has 0 atom stereocenters. The van der Waals surface area contributed by atoms with Crippen molar-refractivity contribution in [1.29, 1.82) is 0 Å². The maximum Gasteiger partial charge on any atom is 0.257 e. The Hall–Kier alpha value is -1.85. The number of nitrogen functional groups attached to an aromatic ring is 1. The van der Waals surface area contributed by atoms with Crippen molar-refractivity contribution in [3.8, 4) is 0 Å². The first-order valence-electron chi connectivity index (χ1n) is 5.81. The zero-order valence-electron chi connectivity index (χ0n) is 10.8. The normalized spacial score (nSPS) is 10.5. The molecule has 3 N–H and O–H groups in total. The van der Waals surface area contributed by atoms with Gasteiger partial charge in [-0.1, -0.05) is 23.2 Å². The van der Waals surface area contributed by atoms with Crippen LogP contribution in [-0.2, 0) is 0 Å². The molecule has 0 aliphatic carbocycles. The van der Waals surface area contributed by atoms with Crippen LogP contribution in [0, 0.1) is 18.6 Å². The van der Waals surface area contributed by atoms with Gasteiger partial charge in [-0.05, 0) is 30.7 Å².